The number of nitrogens with zero attached hydrogens (tertiary/aromatic N) is 3. The van der Waals surface area contributed by atoms with Crippen molar-refractivity contribution in [3.8, 4) is 0 Å². The summed E-state index contributed by atoms with van der Waals surface area (Å²) in [5.74, 6) is 0.986. The maximum atomic E-state index is 13.0. The molecule has 3 rings (SSSR count). The van der Waals surface area contributed by atoms with Gasteiger partial charge in [0.05, 0.1) is 10.6 Å². The number of carbonyl (C=O) groups excluding carboxylic acids is 1. The maximum absolute atomic E-state index is 13.0. The third-order valence-electron chi connectivity index (χ3n) is 5.54. The zero-order chi connectivity index (χ0) is 21.6. The Bertz CT molecular complexity index is 868. The van der Waals surface area contributed by atoms with E-state index >= 15 is 0 Å². The smallest absolute Gasteiger partial charge is 0.299 e. The minimum Gasteiger partial charge on any atom is -0.299 e. The molecule has 162 valence electrons. The molecule has 5 nitrogen and oxygen atoms in total. The second-order valence-corrected chi connectivity index (χ2v) is 8.06. The van der Waals surface area contributed by atoms with E-state index in [9.17, 15) is 18.0 Å². The van der Waals surface area contributed by atoms with Gasteiger partial charge in [-0.2, -0.15) is 18.4 Å². The van der Waals surface area contributed by atoms with Crippen LogP contribution in [0.5, 0.6) is 0 Å². The van der Waals surface area contributed by atoms with Crippen molar-refractivity contribution in [3.05, 3.63) is 46.2 Å². The molecule has 0 saturated heterocycles. The quantitative estimate of drug-likeness (QED) is 0.509. The first-order valence-corrected chi connectivity index (χ1v) is 10.5. The number of aromatic amines is 1. The van der Waals surface area contributed by atoms with Crippen LogP contribution in [0, 0.1) is 11.8 Å². The Hall–Kier alpha value is -2.22. The number of carbonyl (C=O) groups is 1. The molecule has 1 aliphatic rings. The number of nitrogens with one attached hydrogen (secondary N) is 1. The predicted octanol–water partition coefficient (Wildman–Crippen LogP) is 5.67. The fourth-order valence-electron chi connectivity index (χ4n) is 3.93. The van der Waals surface area contributed by atoms with Gasteiger partial charge in [0.2, 0.25) is 0 Å². The highest BCUT2D eigenvalue weighted by atomic mass is 35.5. The molecule has 2 aromatic rings. The summed E-state index contributed by atoms with van der Waals surface area (Å²) in [6.07, 6.45) is 5.91. The molecule has 0 amide bonds. The number of ketones is 1. The summed E-state index contributed by atoms with van der Waals surface area (Å²) in [7, 11) is 0. The summed E-state index contributed by atoms with van der Waals surface area (Å²) in [5, 5.41) is 13.5. The summed E-state index contributed by atoms with van der Waals surface area (Å²) >= 11 is 5.67. The highest BCUT2D eigenvalue weighted by Gasteiger charge is 2.34. The van der Waals surface area contributed by atoms with E-state index in [1.807, 2.05) is 6.08 Å². The average Bonchev–Trinajstić information content (AvgIpc) is 3.33. The first-order chi connectivity index (χ1) is 14.3. The molecule has 1 aliphatic carbocycles. The molecule has 1 heterocycles. The van der Waals surface area contributed by atoms with Gasteiger partial charge in [-0.05, 0) is 42.9 Å². The number of allylic oxidation sites excluding steroid dienone is 1. The van der Waals surface area contributed by atoms with Gasteiger partial charge in [-0.15, -0.1) is 10.2 Å². The van der Waals surface area contributed by atoms with Crippen LogP contribution in [0.15, 0.2) is 24.3 Å². The Labute approximate surface area is 178 Å². The highest BCUT2D eigenvalue weighted by Crippen LogP contribution is 2.37. The molecule has 1 saturated carbocycles. The van der Waals surface area contributed by atoms with Gasteiger partial charge in [0.25, 0.3) is 0 Å². The van der Waals surface area contributed by atoms with Gasteiger partial charge >= 0.3 is 6.18 Å². The average molecular weight is 441 g/mol. The molecule has 2 atom stereocenters. The van der Waals surface area contributed by atoms with Crippen LogP contribution in [-0.2, 0) is 17.4 Å². The van der Waals surface area contributed by atoms with Crippen molar-refractivity contribution in [2.75, 3.05) is 0 Å². The molecule has 1 aromatic carbocycles. The molecule has 0 unspecified atom stereocenters. The van der Waals surface area contributed by atoms with Crippen LogP contribution in [0.1, 0.15) is 61.9 Å². The molecule has 0 bridgehead atoms. The van der Waals surface area contributed by atoms with Gasteiger partial charge < -0.3 is 0 Å². The molecular weight excluding hydrogens is 417 g/mol. The van der Waals surface area contributed by atoms with Crippen LogP contribution in [-0.4, -0.2) is 26.4 Å². The number of Topliss-reactive ketones (excluding diaryl/α,β-unsaturated/α-hetero) is 1. The van der Waals surface area contributed by atoms with Crippen molar-refractivity contribution in [2.24, 2.45) is 11.8 Å². The number of unbranched alkanes of at least 4 members (excludes halogenated alkanes) is 3. The largest absolute Gasteiger partial charge is 0.417 e. The van der Waals surface area contributed by atoms with Crippen molar-refractivity contribution in [1.82, 2.24) is 20.6 Å². The van der Waals surface area contributed by atoms with E-state index in [4.69, 9.17) is 11.6 Å². The topological polar surface area (TPSA) is 71.5 Å². The van der Waals surface area contributed by atoms with E-state index in [0.717, 1.165) is 51.0 Å². The number of alkyl halides is 3. The number of hydrogen-bond donors (Lipinski definition) is 1. The van der Waals surface area contributed by atoms with Crippen LogP contribution in [0.25, 0.3) is 6.08 Å². The lowest BCUT2D eigenvalue weighted by Crippen LogP contribution is -2.13. The number of hydrogen-bond acceptors (Lipinski definition) is 4. The van der Waals surface area contributed by atoms with Gasteiger partial charge in [-0.25, -0.2) is 0 Å². The lowest BCUT2D eigenvalue weighted by Gasteiger charge is -2.15. The van der Waals surface area contributed by atoms with Gasteiger partial charge in [0.15, 0.2) is 5.82 Å². The molecule has 0 aliphatic heterocycles. The fraction of sp³-hybridized carbons (Fsp3) is 0.524. The van der Waals surface area contributed by atoms with Gasteiger partial charge in [0, 0.05) is 18.8 Å². The minimum absolute atomic E-state index is 0.0483. The van der Waals surface area contributed by atoms with Crippen LogP contribution in [0.2, 0.25) is 5.02 Å². The molecule has 1 N–H and O–H groups in total. The summed E-state index contributed by atoms with van der Waals surface area (Å²) < 4.78 is 39.1. The minimum atomic E-state index is -4.49. The van der Waals surface area contributed by atoms with E-state index in [0.29, 0.717) is 17.8 Å². The second-order valence-electron chi connectivity index (χ2n) is 7.65. The number of halogens is 4. The first-order valence-electron chi connectivity index (χ1n) is 10.1. The standard InChI is InChI=1S/C21H24ClF3N4O/c22-18-11-8-14(13-17(18)21(23,24)25)7-9-15-10-12-19(30)16(15)5-3-1-2-4-6-20-26-28-29-27-20/h7-9,11,13,15-16H,1-6,10,12H2,(H,26,27,28,29)/t15-,16+/m0/s1. The van der Waals surface area contributed by atoms with Crippen molar-refractivity contribution < 1.29 is 18.0 Å². The molecule has 0 spiro atoms. The molecule has 1 aromatic heterocycles. The Kier molecular flexibility index (Phi) is 7.64. The Morgan fingerprint density at radius 3 is 2.73 bits per heavy atom. The summed E-state index contributed by atoms with van der Waals surface area (Å²) in [6.45, 7) is 0. The number of benzene rings is 1. The third-order valence-corrected chi connectivity index (χ3v) is 5.87. The molecular formula is C21H24ClF3N4O. The fourth-order valence-corrected chi connectivity index (χ4v) is 4.15. The van der Waals surface area contributed by atoms with E-state index in [-0.39, 0.29) is 22.6 Å². The van der Waals surface area contributed by atoms with E-state index < -0.39 is 11.7 Å². The number of tetrazole rings is 1. The second kappa shape index (κ2) is 10.2. The number of aryl methyl sites for hydroxylation is 1. The van der Waals surface area contributed by atoms with Crippen molar-refractivity contribution in [3.63, 3.8) is 0 Å². The molecule has 30 heavy (non-hydrogen) atoms. The van der Waals surface area contributed by atoms with Gasteiger partial charge in [-0.3, -0.25) is 4.79 Å². The lowest BCUT2D eigenvalue weighted by atomic mass is 9.89. The number of aromatic nitrogens is 4. The van der Waals surface area contributed by atoms with Crippen LogP contribution in [0.3, 0.4) is 0 Å². The summed E-state index contributed by atoms with van der Waals surface area (Å²) in [4.78, 5) is 12.3. The SMILES string of the molecule is O=C1CC[C@H](C=Cc2ccc(Cl)c(C(F)(F)F)c2)[C@H]1CCCCCCc1nn[nH]n1. The van der Waals surface area contributed by atoms with E-state index in [1.165, 1.54) is 6.07 Å². The number of rotatable bonds is 9. The third kappa shape index (κ3) is 6.14. The van der Waals surface area contributed by atoms with Gasteiger partial charge in [0.1, 0.15) is 5.78 Å². The van der Waals surface area contributed by atoms with E-state index in [2.05, 4.69) is 20.6 Å². The first kappa shape index (κ1) is 22.5. The van der Waals surface area contributed by atoms with E-state index in [1.54, 1.807) is 12.1 Å². The lowest BCUT2D eigenvalue weighted by molar-refractivity contribution is -0.137. The molecule has 0 radical (unpaired) electrons. The Morgan fingerprint density at radius 1 is 1.20 bits per heavy atom. The zero-order valence-electron chi connectivity index (χ0n) is 16.5. The number of H-pyrrole nitrogens is 1. The monoisotopic (exact) mass is 440 g/mol. The predicted molar refractivity (Wildman–Crippen MR) is 108 cm³/mol. The molecule has 1 fully saturated rings. The summed E-state index contributed by atoms with van der Waals surface area (Å²) in [6, 6.07) is 3.87. The maximum Gasteiger partial charge on any atom is 0.417 e. The van der Waals surface area contributed by atoms with Crippen LogP contribution in [0.4, 0.5) is 13.2 Å². The van der Waals surface area contributed by atoms with Crippen molar-refractivity contribution in [2.45, 2.75) is 57.5 Å². The van der Waals surface area contributed by atoms with Crippen LogP contribution < -0.4 is 0 Å². The highest BCUT2D eigenvalue weighted by molar-refractivity contribution is 6.31. The Balaban J connectivity index is 1.49. The summed E-state index contributed by atoms with van der Waals surface area (Å²) in [5.41, 5.74) is -0.405. The van der Waals surface area contributed by atoms with Crippen LogP contribution >= 0.6 is 11.6 Å². The zero-order valence-corrected chi connectivity index (χ0v) is 17.2. The van der Waals surface area contributed by atoms with Crippen molar-refractivity contribution >= 4 is 23.5 Å². The normalized spacial score (nSPS) is 19.8. The van der Waals surface area contributed by atoms with Crippen molar-refractivity contribution in [1.29, 1.82) is 0 Å². The molecule has 9 heteroatoms. The van der Waals surface area contributed by atoms with Gasteiger partial charge in [-0.1, -0.05) is 54.3 Å². The Morgan fingerprint density at radius 2 is 2.00 bits per heavy atom.